The summed E-state index contributed by atoms with van der Waals surface area (Å²) in [5.74, 6) is 0.138. The molecular weight excluding hydrogens is 274 g/mol. The minimum atomic E-state index is 0.138. The summed E-state index contributed by atoms with van der Waals surface area (Å²) < 4.78 is 0. The van der Waals surface area contributed by atoms with E-state index in [9.17, 15) is 4.79 Å². The lowest BCUT2D eigenvalue weighted by atomic mass is 10.0. The van der Waals surface area contributed by atoms with E-state index in [1.165, 1.54) is 0 Å². The van der Waals surface area contributed by atoms with Crippen molar-refractivity contribution in [3.05, 3.63) is 59.9 Å². The fourth-order valence-corrected chi connectivity index (χ4v) is 2.85. The van der Waals surface area contributed by atoms with Gasteiger partial charge in [0.05, 0.1) is 0 Å². The predicted molar refractivity (Wildman–Crippen MR) is 88.0 cm³/mol. The highest BCUT2D eigenvalue weighted by Crippen LogP contribution is 2.20. The van der Waals surface area contributed by atoms with Crippen LogP contribution < -0.4 is 5.32 Å². The van der Waals surface area contributed by atoms with E-state index in [0.717, 1.165) is 42.7 Å². The van der Waals surface area contributed by atoms with Crippen molar-refractivity contribution in [2.75, 3.05) is 18.4 Å². The highest BCUT2D eigenvalue weighted by molar-refractivity contribution is 5.94. The molecule has 1 fully saturated rings. The van der Waals surface area contributed by atoms with Crippen molar-refractivity contribution in [3.63, 3.8) is 0 Å². The van der Waals surface area contributed by atoms with Crippen LogP contribution in [0, 0.1) is 6.92 Å². The fourth-order valence-electron chi connectivity index (χ4n) is 2.85. The van der Waals surface area contributed by atoms with Crippen molar-refractivity contribution < 1.29 is 4.79 Å². The standard InChI is InChI=1S/C18H21N3O/c1-14-13-19-10-7-17(14)20-16-8-11-21(12-9-16)18(22)15-5-3-2-4-6-15/h2-7,10,13,16H,8-9,11-12H2,1H3,(H,19,20). The van der Waals surface area contributed by atoms with Gasteiger partial charge >= 0.3 is 0 Å². The summed E-state index contributed by atoms with van der Waals surface area (Å²) >= 11 is 0. The maximum atomic E-state index is 12.4. The van der Waals surface area contributed by atoms with E-state index < -0.39 is 0 Å². The molecule has 2 heterocycles. The van der Waals surface area contributed by atoms with Gasteiger partial charge in [-0.05, 0) is 43.5 Å². The number of pyridine rings is 1. The number of nitrogens with one attached hydrogen (secondary N) is 1. The SMILES string of the molecule is Cc1cnccc1NC1CCN(C(=O)c2ccccc2)CC1. The molecular formula is C18H21N3O. The Hall–Kier alpha value is -2.36. The second-order valence-electron chi connectivity index (χ2n) is 5.77. The third-order valence-corrected chi connectivity index (χ3v) is 4.18. The monoisotopic (exact) mass is 295 g/mol. The summed E-state index contributed by atoms with van der Waals surface area (Å²) in [5.41, 5.74) is 3.08. The number of rotatable bonds is 3. The van der Waals surface area contributed by atoms with E-state index >= 15 is 0 Å². The summed E-state index contributed by atoms with van der Waals surface area (Å²) in [6.45, 7) is 3.66. The highest BCUT2D eigenvalue weighted by Gasteiger charge is 2.23. The molecule has 3 rings (SSSR count). The lowest BCUT2D eigenvalue weighted by Crippen LogP contribution is -2.42. The molecule has 0 saturated carbocycles. The second kappa shape index (κ2) is 6.60. The molecule has 0 spiro atoms. The number of carbonyl (C=O) groups is 1. The van der Waals surface area contributed by atoms with Crippen LogP contribution in [-0.2, 0) is 0 Å². The number of piperidine rings is 1. The molecule has 0 bridgehead atoms. The molecule has 114 valence electrons. The molecule has 0 unspecified atom stereocenters. The Morgan fingerprint density at radius 3 is 2.59 bits per heavy atom. The number of nitrogens with zero attached hydrogens (tertiary/aromatic N) is 2. The molecule has 4 heteroatoms. The highest BCUT2D eigenvalue weighted by atomic mass is 16.2. The molecule has 22 heavy (non-hydrogen) atoms. The maximum absolute atomic E-state index is 12.4. The molecule has 1 aromatic heterocycles. The molecule has 0 aliphatic carbocycles. The van der Waals surface area contributed by atoms with E-state index in [2.05, 4.69) is 17.2 Å². The van der Waals surface area contributed by atoms with Crippen LogP contribution in [0.3, 0.4) is 0 Å². The third-order valence-electron chi connectivity index (χ3n) is 4.18. The van der Waals surface area contributed by atoms with Crippen LogP contribution >= 0.6 is 0 Å². The topological polar surface area (TPSA) is 45.2 Å². The number of carbonyl (C=O) groups excluding carboxylic acids is 1. The molecule has 4 nitrogen and oxygen atoms in total. The fraction of sp³-hybridized carbons (Fsp3) is 0.333. The molecule has 0 radical (unpaired) electrons. The van der Waals surface area contributed by atoms with Gasteiger partial charge in [0, 0.05) is 42.8 Å². The van der Waals surface area contributed by atoms with Crippen LogP contribution in [0.5, 0.6) is 0 Å². The number of aromatic nitrogens is 1. The quantitative estimate of drug-likeness (QED) is 0.946. The Labute approximate surface area is 131 Å². The minimum absolute atomic E-state index is 0.138. The van der Waals surface area contributed by atoms with Gasteiger partial charge in [0.15, 0.2) is 0 Å². The van der Waals surface area contributed by atoms with Crippen LogP contribution in [0.1, 0.15) is 28.8 Å². The summed E-state index contributed by atoms with van der Waals surface area (Å²) in [7, 11) is 0. The molecule has 2 aromatic rings. The zero-order chi connectivity index (χ0) is 15.4. The Bertz CT molecular complexity index is 634. The van der Waals surface area contributed by atoms with E-state index in [4.69, 9.17) is 0 Å². The number of anilines is 1. The van der Waals surface area contributed by atoms with Crippen molar-refractivity contribution in [2.24, 2.45) is 0 Å². The molecule has 1 saturated heterocycles. The predicted octanol–water partition coefficient (Wildman–Crippen LogP) is 3.11. The van der Waals surface area contributed by atoms with Crippen LogP contribution in [0.4, 0.5) is 5.69 Å². The van der Waals surface area contributed by atoms with Crippen molar-refractivity contribution in [1.29, 1.82) is 0 Å². The molecule has 1 aliphatic rings. The van der Waals surface area contributed by atoms with E-state index in [0.29, 0.717) is 6.04 Å². The first kappa shape index (κ1) is 14.6. The zero-order valence-corrected chi connectivity index (χ0v) is 12.8. The summed E-state index contributed by atoms with van der Waals surface area (Å²) in [4.78, 5) is 18.5. The number of hydrogen-bond acceptors (Lipinski definition) is 3. The number of hydrogen-bond donors (Lipinski definition) is 1. The first-order valence-corrected chi connectivity index (χ1v) is 7.75. The molecule has 1 aromatic carbocycles. The van der Waals surface area contributed by atoms with Crippen LogP contribution in [-0.4, -0.2) is 34.9 Å². The van der Waals surface area contributed by atoms with Crippen molar-refractivity contribution in [1.82, 2.24) is 9.88 Å². The van der Waals surface area contributed by atoms with Crippen LogP contribution in [0.2, 0.25) is 0 Å². The van der Waals surface area contributed by atoms with Gasteiger partial charge in [0.1, 0.15) is 0 Å². The van der Waals surface area contributed by atoms with Gasteiger partial charge in [-0.15, -0.1) is 0 Å². The van der Waals surface area contributed by atoms with E-state index in [1.807, 2.05) is 53.7 Å². The first-order chi connectivity index (χ1) is 10.7. The van der Waals surface area contributed by atoms with E-state index in [-0.39, 0.29) is 5.91 Å². The van der Waals surface area contributed by atoms with Crippen molar-refractivity contribution >= 4 is 11.6 Å². The largest absolute Gasteiger partial charge is 0.382 e. The lowest BCUT2D eigenvalue weighted by molar-refractivity contribution is 0.0718. The number of benzene rings is 1. The second-order valence-corrected chi connectivity index (χ2v) is 5.77. The van der Waals surface area contributed by atoms with Crippen molar-refractivity contribution in [3.8, 4) is 0 Å². The minimum Gasteiger partial charge on any atom is -0.382 e. The molecule has 1 amide bonds. The smallest absolute Gasteiger partial charge is 0.253 e. The zero-order valence-electron chi connectivity index (χ0n) is 12.8. The van der Waals surface area contributed by atoms with Crippen LogP contribution in [0.25, 0.3) is 0 Å². The average Bonchev–Trinajstić information content (AvgIpc) is 2.58. The van der Waals surface area contributed by atoms with Gasteiger partial charge in [-0.3, -0.25) is 9.78 Å². The maximum Gasteiger partial charge on any atom is 0.253 e. The molecule has 0 atom stereocenters. The Morgan fingerprint density at radius 2 is 1.91 bits per heavy atom. The Kier molecular flexibility index (Phi) is 4.37. The molecule has 1 aliphatic heterocycles. The van der Waals surface area contributed by atoms with Crippen LogP contribution in [0.15, 0.2) is 48.8 Å². The van der Waals surface area contributed by atoms with Gasteiger partial charge in [-0.1, -0.05) is 18.2 Å². The van der Waals surface area contributed by atoms with Gasteiger partial charge < -0.3 is 10.2 Å². The summed E-state index contributed by atoms with van der Waals surface area (Å²) in [6.07, 6.45) is 5.63. The third kappa shape index (κ3) is 3.27. The van der Waals surface area contributed by atoms with Crippen molar-refractivity contribution in [2.45, 2.75) is 25.8 Å². The first-order valence-electron chi connectivity index (χ1n) is 7.75. The normalized spacial score (nSPS) is 15.6. The number of likely N-dealkylation sites (tertiary alicyclic amines) is 1. The van der Waals surface area contributed by atoms with Gasteiger partial charge in [-0.25, -0.2) is 0 Å². The van der Waals surface area contributed by atoms with Gasteiger partial charge in [0.2, 0.25) is 0 Å². The van der Waals surface area contributed by atoms with Gasteiger partial charge in [-0.2, -0.15) is 0 Å². The summed E-state index contributed by atoms with van der Waals surface area (Å²) in [6, 6.07) is 11.9. The number of aryl methyl sites for hydroxylation is 1. The lowest BCUT2D eigenvalue weighted by Gasteiger charge is -2.33. The summed E-state index contributed by atoms with van der Waals surface area (Å²) in [5, 5.41) is 3.57. The molecule has 1 N–H and O–H groups in total. The Balaban J connectivity index is 1.57. The number of amides is 1. The van der Waals surface area contributed by atoms with Gasteiger partial charge in [0.25, 0.3) is 5.91 Å². The Morgan fingerprint density at radius 1 is 1.18 bits per heavy atom. The van der Waals surface area contributed by atoms with E-state index in [1.54, 1.807) is 0 Å². The average molecular weight is 295 g/mol.